The second-order valence-electron chi connectivity index (χ2n) is 4.05. The second-order valence-corrected chi connectivity index (χ2v) is 4.05. The van der Waals surface area contributed by atoms with E-state index in [0.717, 1.165) is 17.8 Å². The van der Waals surface area contributed by atoms with Crippen LogP contribution in [0.5, 0.6) is 0 Å². The quantitative estimate of drug-likeness (QED) is 0.798. The molecular formula is C10H15N5. The van der Waals surface area contributed by atoms with Crippen molar-refractivity contribution < 1.29 is 0 Å². The van der Waals surface area contributed by atoms with Gasteiger partial charge in [0.2, 0.25) is 0 Å². The van der Waals surface area contributed by atoms with Gasteiger partial charge in [0.1, 0.15) is 6.33 Å². The summed E-state index contributed by atoms with van der Waals surface area (Å²) in [5.74, 6) is 0.440. The summed E-state index contributed by atoms with van der Waals surface area (Å²) < 4.78 is 1.86. The summed E-state index contributed by atoms with van der Waals surface area (Å²) in [4.78, 5) is 4.30. The van der Waals surface area contributed by atoms with Crippen LogP contribution in [0.3, 0.4) is 0 Å². The number of nitrogens with zero attached hydrogens (tertiary/aromatic N) is 4. The summed E-state index contributed by atoms with van der Waals surface area (Å²) in [5, 5.41) is 7.87. The molecule has 15 heavy (non-hydrogen) atoms. The first-order valence-electron chi connectivity index (χ1n) is 5.07. The Hall–Kier alpha value is -1.49. The van der Waals surface area contributed by atoms with Gasteiger partial charge >= 0.3 is 0 Å². The van der Waals surface area contributed by atoms with Crippen molar-refractivity contribution in [2.45, 2.75) is 26.3 Å². The average Bonchev–Trinajstić information content (AvgIpc) is 2.66. The van der Waals surface area contributed by atoms with Crippen LogP contribution in [0, 0.1) is 5.92 Å². The molecule has 2 aromatic rings. The van der Waals surface area contributed by atoms with E-state index >= 15 is 0 Å². The molecule has 0 amide bonds. The fourth-order valence-corrected chi connectivity index (χ4v) is 1.41. The molecule has 2 aromatic heterocycles. The highest BCUT2D eigenvalue weighted by Crippen LogP contribution is 2.09. The van der Waals surface area contributed by atoms with Gasteiger partial charge in [0, 0.05) is 24.9 Å². The SMILES string of the molecule is CC(C)C(N)Cc1nccn2cnnc12. The third-order valence-electron chi connectivity index (χ3n) is 2.57. The minimum atomic E-state index is 0.111. The van der Waals surface area contributed by atoms with E-state index in [1.807, 2.05) is 10.6 Å². The van der Waals surface area contributed by atoms with Crippen LogP contribution in [0.15, 0.2) is 18.7 Å². The first kappa shape index (κ1) is 10.0. The molecule has 0 fully saturated rings. The highest BCUT2D eigenvalue weighted by molar-refractivity contribution is 5.42. The van der Waals surface area contributed by atoms with Gasteiger partial charge in [0.25, 0.3) is 0 Å². The van der Waals surface area contributed by atoms with Crippen LogP contribution in [-0.2, 0) is 6.42 Å². The van der Waals surface area contributed by atoms with Gasteiger partial charge < -0.3 is 5.73 Å². The third-order valence-corrected chi connectivity index (χ3v) is 2.57. The van der Waals surface area contributed by atoms with Gasteiger partial charge in [-0.1, -0.05) is 13.8 Å². The Kier molecular flexibility index (Phi) is 2.64. The fraction of sp³-hybridized carbons (Fsp3) is 0.500. The minimum absolute atomic E-state index is 0.111. The van der Waals surface area contributed by atoms with E-state index in [-0.39, 0.29) is 6.04 Å². The molecule has 5 heteroatoms. The molecule has 0 aliphatic carbocycles. The normalized spacial score (nSPS) is 13.6. The Morgan fingerprint density at radius 2 is 2.27 bits per heavy atom. The van der Waals surface area contributed by atoms with Crippen molar-refractivity contribution in [3.05, 3.63) is 24.4 Å². The number of nitrogens with two attached hydrogens (primary N) is 1. The number of fused-ring (bicyclic) bond motifs is 1. The van der Waals surface area contributed by atoms with Crippen molar-refractivity contribution in [3.63, 3.8) is 0 Å². The van der Waals surface area contributed by atoms with Crippen molar-refractivity contribution in [1.82, 2.24) is 19.6 Å². The zero-order valence-electron chi connectivity index (χ0n) is 8.96. The molecule has 0 saturated carbocycles. The van der Waals surface area contributed by atoms with E-state index in [1.54, 1.807) is 12.5 Å². The number of aromatic nitrogens is 4. The Bertz CT molecular complexity index is 448. The third kappa shape index (κ3) is 1.97. The van der Waals surface area contributed by atoms with E-state index in [0.29, 0.717) is 5.92 Å². The molecule has 1 unspecified atom stereocenters. The lowest BCUT2D eigenvalue weighted by atomic mass is 10.0. The van der Waals surface area contributed by atoms with Gasteiger partial charge in [-0.15, -0.1) is 10.2 Å². The first-order valence-corrected chi connectivity index (χ1v) is 5.07. The molecule has 80 valence electrons. The average molecular weight is 205 g/mol. The van der Waals surface area contributed by atoms with Gasteiger partial charge in [-0.25, -0.2) is 0 Å². The Morgan fingerprint density at radius 3 is 3.00 bits per heavy atom. The maximum Gasteiger partial charge on any atom is 0.182 e. The van der Waals surface area contributed by atoms with Gasteiger partial charge in [-0.3, -0.25) is 9.38 Å². The van der Waals surface area contributed by atoms with Crippen LogP contribution in [0.1, 0.15) is 19.5 Å². The molecule has 0 radical (unpaired) electrons. The van der Waals surface area contributed by atoms with Crippen LogP contribution < -0.4 is 5.73 Å². The molecule has 2 heterocycles. The van der Waals surface area contributed by atoms with Gasteiger partial charge in [0.05, 0.1) is 5.69 Å². The number of hydrogen-bond donors (Lipinski definition) is 1. The predicted octanol–water partition coefficient (Wildman–Crippen LogP) is 0.650. The molecule has 0 aliphatic heterocycles. The molecule has 5 nitrogen and oxygen atoms in total. The van der Waals surface area contributed by atoms with Gasteiger partial charge in [-0.2, -0.15) is 0 Å². The van der Waals surface area contributed by atoms with Crippen molar-refractivity contribution >= 4 is 5.65 Å². The molecule has 2 rings (SSSR count). The van der Waals surface area contributed by atoms with Crippen molar-refractivity contribution in [1.29, 1.82) is 0 Å². The standard InChI is InChI=1S/C10H15N5/c1-7(2)8(11)5-9-10-14-13-6-15(10)4-3-12-9/h3-4,6-8H,5,11H2,1-2H3. The molecule has 2 N–H and O–H groups in total. The van der Waals surface area contributed by atoms with E-state index in [2.05, 4.69) is 29.0 Å². The summed E-state index contributed by atoms with van der Waals surface area (Å²) in [6.45, 7) is 4.21. The van der Waals surface area contributed by atoms with E-state index < -0.39 is 0 Å². The molecular weight excluding hydrogens is 190 g/mol. The Labute approximate surface area is 88.3 Å². The Morgan fingerprint density at radius 1 is 1.47 bits per heavy atom. The maximum absolute atomic E-state index is 6.01. The van der Waals surface area contributed by atoms with Crippen LogP contribution in [-0.4, -0.2) is 25.6 Å². The predicted molar refractivity (Wildman–Crippen MR) is 57.3 cm³/mol. The van der Waals surface area contributed by atoms with E-state index in [9.17, 15) is 0 Å². The van der Waals surface area contributed by atoms with Crippen LogP contribution in [0.2, 0.25) is 0 Å². The number of hydrogen-bond acceptors (Lipinski definition) is 4. The largest absolute Gasteiger partial charge is 0.327 e. The lowest BCUT2D eigenvalue weighted by Crippen LogP contribution is -2.29. The van der Waals surface area contributed by atoms with Crippen molar-refractivity contribution in [2.24, 2.45) is 11.7 Å². The maximum atomic E-state index is 6.01. The van der Waals surface area contributed by atoms with Gasteiger partial charge in [-0.05, 0) is 5.92 Å². The van der Waals surface area contributed by atoms with Crippen LogP contribution in [0.4, 0.5) is 0 Å². The lowest BCUT2D eigenvalue weighted by Gasteiger charge is -2.14. The molecule has 1 atom stereocenters. The highest BCUT2D eigenvalue weighted by Gasteiger charge is 2.12. The monoisotopic (exact) mass is 205 g/mol. The van der Waals surface area contributed by atoms with Crippen molar-refractivity contribution in [3.8, 4) is 0 Å². The lowest BCUT2D eigenvalue weighted by molar-refractivity contribution is 0.487. The minimum Gasteiger partial charge on any atom is -0.327 e. The Balaban J connectivity index is 2.31. The summed E-state index contributed by atoms with van der Waals surface area (Å²) in [6, 6.07) is 0.111. The smallest absolute Gasteiger partial charge is 0.182 e. The highest BCUT2D eigenvalue weighted by atomic mass is 15.2. The summed E-state index contributed by atoms with van der Waals surface area (Å²) >= 11 is 0. The zero-order chi connectivity index (χ0) is 10.8. The first-order chi connectivity index (χ1) is 7.18. The molecule has 0 spiro atoms. The van der Waals surface area contributed by atoms with Gasteiger partial charge in [0.15, 0.2) is 5.65 Å². The zero-order valence-corrected chi connectivity index (χ0v) is 8.96. The van der Waals surface area contributed by atoms with E-state index in [4.69, 9.17) is 5.73 Å². The topological polar surface area (TPSA) is 69.1 Å². The number of rotatable bonds is 3. The van der Waals surface area contributed by atoms with E-state index in [1.165, 1.54) is 0 Å². The van der Waals surface area contributed by atoms with Crippen LogP contribution >= 0.6 is 0 Å². The summed E-state index contributed by atoms with van der Waals surface area (Å²) in [7, 11) is 0. The van der Waals surface area contributed by atoms with Crippen LogP contribution in [0.25, 0.3) is 5.65 Å². The molecule has 0 saturated heterocycles. The fourth-order valence-electron chi connectivity index (χ4n) is 1.41. The second kappa shape index (κ2) is 3.94. The molecule has 0 bridgehead atoms. The summed E-state index contributed by atoms with van der Waals surface area (Å²) in [6.07, 6.45) is 5.99. The van der Waals surface area contributed by atoms with Crippen molar-refractivity contribution in [2.75, 3.05) is 0 Å². The summed E-state index contributed by atoms with van der Waals surface area (Å²) in [5.41, 5.74) is 7.72. The molecule has 0 aliphatic rings. The molecule has 0 aromatic carbocycles.